The second-order valence-corrected chi connectivity index (χ2v) is 4.54. The molecule has 1 rings (SSSR count). The summed E-state index contributed by atoms with van der Waals surface area (Å²) in [6.07, 6.45) is 6.78. The molecule has 0 spiro atoms. The van der Waals surface area contributed by atoms with Crippen molar-refractivity contribution in [3.05, 3.63) is 18.2 Å². The fraction of sp³-hybridized carbons (Fsp3) is 0.667. The number of phosphoric acid groups is 1. The molecular formula is C9H20N2O4P+. The first kappa shape index (κ1) is 15.3. The molecule has 0 bridgehead atoms. The number of nitrogens with zero attached hydrogens (tertiary/aromatic N) is 2. The Morgan fingerprint density at radius 3 is 2.25 bits per heavy atom. The van der Waals surface area contributed by atoms with E-state index in [9.17, 15) is 0 Å². The molecule has 0 unspecified atom stereocenters. The largest absolute Gasteiger partial charge is 0.466 e. The molecule has 6 nitrogen and oxygen atoms in total. The summed E-state index contributed by atoms with van der Waals surface area (Å²) in [5.41, 5.74) is 0. The summed E-state index contributed by atoms with van der Waals surface area (Å²) in [7, 11) is -2.56. The van der Waals surface area contributed by atoms with Gasteiger partial charge in [0.2, 0.25) is 0 Å². The lowest BCUT2D eigenvalue weighted by atomic mass is 10.3. The Labute approximate surface area is 95.4 Å². The van der Waals surface area contributed by atoms with Crippen molar-refractivity contribution in [2.45, 2.75) is 33.2 Å². The van der Waals surface area contributed by atoms with E-state index in [1.165, 1.54) is 18.7 Å². The van der Waals surface area contributed by atoms with Crippen LogP contribution in [0.15, 0.2) is 12.4 Å². The van der Waals surface area contributed by atoms with Crippen molar-refractivity contribution in [3.8, 4) is 0 Å². The van der Waals surface area contributed by atoms with Gasteiger partial charge in [-0.15, -0.1) is 0 Å². The fourth-order valence-corrected chi connectivity index (χ4v) is 1.16. The third kappa shape index (κ3) is 7.59. The number of hydrogen-bond acceptors (Lipinski definition) is 1. The van der Waals surface area contributed by atoms with E-state index in [4.69, 9.17) is 19.2 Å². The lowest BCUT2D eigenvalue weighted by Gasteiger charge is -1.95. The van der Waals surface area contributed by atoms with Crippen LogP contribution in [-0.2, 0) is 18.2 Å². The summed E-state index contributed by atoms with van der Waals surface area (Å²) in [4.78, 5) is 21.6. The van der Waals surface area contributed by atoms with Gasteiger partial charge in [-0.3, -0.25) is 0 Å². The van der Waals surface area contributed by atoms with Gasteiger partial charge in [0.1, 0.15) is 12.4 Å². The number of aromatic nitrogens is 2. The lowest BCUT2D eigenvalue weighted by Crippen LogP contribution is -2.35. The van der Waals surface area contributed by atoms with Gasteiger partial charge in [-0.05, 0) is 6.42 Å². The average molecular weight is 251 g/mol. The number of imidazole rings is 1. The molecule has 0 saturated heterocycles. The number of unbranched alkanes of at least 4 members (excludes halogenated alkanes) is 1. The Balaban J connectivity index is 0.000000385. The second kappa shape index (κ2) is 6.81. The molecule has 3 N–H and O–H groups in total. The standard InChI is InChI=1S/C9H17N2.H3O4P/c1-4-5-6-11-8-7-10(3)9(11)2;1-5(2,3)4/h7-8H,4-6H2,1-3H3;(H3,1,2,3,4)/q+1;. The quantitative estimate of drug-likeness (QED) is 0.539. The van der Waals surface area contributed by atoms with Crippen LogP contribution in [0.5, 0.6) is 0 Å². The third-order valence-corrected chi connectivity index (χ3v) is 2.15. The van der Waals surface area contributed by atoms with Crippen LogP contribution in [-0.4, -0.2) is 19.2 Å². The Bertz CT molecular complexity index is 350. The predicted molar refractivity (Wildman–Crippen MR) is 59.5 cm³/mol. The third-order valence-electron chi connectivity index (χ3n) is 2.15. The summed E-state index contributed by atoms with van der Waals surface area (Å²) < 4.78 is 13.3. The van der Waals surface area contributed by atoms with Crippen LogP contribution in [0.3, 0.4) is 0 Å². The van der Waals surface area contributed by atoms with Crippen LogP contribution in [0.2, 0.25) is 0 Å². The van der Waals surface area contributed by atoms with Gasteiger partial charge in [0, 0.05) is 6.92 Å². The second-order valence-electron chi connectivity index (χ2n) is 3.52. The van der Waals surface area contributed by atoms with Gasteiger partial charge in [0.25, 0.3) is 5.82 Å². The van der Waals surface area contributed by atoms with Crippen LogP contribution in [0, 0.1) is 6.92 Å². The van der Waals surface area contributed by atoms with Crippen molar-refractivity contribution in [2.24, 2.45) is 7.05 Å². The van der Waals surface area contributed by atoms with Gasteiger partial charge in [-0.25, -0.2) is 13.7 Å². The first-order valence-electron chi connectivity index (χ1n) is 5.05. The zero-order valence-electron chi connectivity index (χ0n) is 9.87. The van der Waals surface area contributed by atoms with Gasteiger partial charge < -0.3 is 14.7 Å². The molecule has 1 aromatic rings. The number of hydrogen-bond donors (Lipinski definition) is 3. The highest BCUT2D eigenvalue weighted by atomic mass is 31.2. The highest BCUT2D eigenvalue weighted by Gasteiger charge is 2.06. The van der Waals surface area contributed by atoms with Gasteiger partial charge in [-0.2, -0.15) is 0 Å². The van der Waals surface area contributed by atoms with Crippen molar-refractivity contribution in [3.63, 3.8) is 0 Å². The summed E-state index contributed by atoms with van der Waals surface area (Å²) in [6.45, 7) is 5.53. The minimum absolute atomic E-state index is 1.16. The topological polar surface area (TPSA) is 86.6 Å². The molecule has 16 heavy (non-hydrogen) atoms. The maximum absolute atomic E-state index is 8.88. The van der Waals surface area contributed by atoms with Crippen molar-refractivity contribution in [1.29, 1.82) is 0 Å². The highest BCUT2D eigenvalue weighted by Crippen LogP contribution is 2.25. The zero-order chi connectivity index (χ0) is 12.8. The maximum Gasteiger partial charge on any atom is 0.466 e. The zero-order valence-corrected chi connectivity index (χ0v) is 10.8. The van der Waals surface area contributed by atoms with E-state index >= 15 is 0 Å². The van der Waals surface area contributed by atoms with Crippen molar-refractivity contribution in [2.75, 3.05) is 0 Å². The highest BCUT2D eigenvalue weighted by molar-refractivity contribution is 7.45. The average Bonchev–Trinajstić information content (AvgIpc) is 2.42. The van der Waals surface area contributed by atoms with Gasteiger partial charge in [0.05, 0.1) is 13.6 Å². The number of rotatable bonds is 3. The SMILES string of the molecule is CCCC[n+]1ccn(C)c1C.O=P(O)(O)O. The molecule has 0 aliphatic heterocycles. The minimum atomic E-state index is -4.64. The summed E-state index contributed by atoms with van der Waals surface area (Å²) in [5.74, 6) is 1.33. The van der Waals surface area contributed by atoms with E-state index in [2.05, 4.69) is 42.4 Å². The van der Waals surface area contributed by atoms with Crippen LogP contribution < -0.4 is 4.57 Å². The molecule has 0 fully saturated rings. The predicted octanol–water partition coefficient (Wildman–Crippen LogP) is 0.493. The molecule has 94 valence electrons. The molecular weight excluding hydrogens is 231 g/mol. The molecule has 0 aliphatic carbocycles. The molecule has 0 radical (unpaired) electrons. The monoisotopic (exact) mass is 251 g/mol. The van der Waals surface area contributed by atoms with Crippen molar-refractivity contribution < 1.29 is 23.8 Å². The van der Waals surface area contributed by atoms with E-state index in [1.54, 1.807) is 0 Å². The molecule has 1 aromatic heterocycles. The Hall–Kier alpha value is -0.680. The number of aryl methyl sites for hydroxylation is 2. The van der Waals surface area contributed by atoms with E-state index < -0.39 is 7.82 Å². The van der Waals surface area contributed by atoms with Crippen molar-refractivity contribution >= 4 is 7.82 Å². The molecule has 0 amide bonds. The van der Waals surface area contributed by atoms with E-state index in [0.29, 0.717) is 0 Å². The van der Waals surface area contributed by atoms with Crippen LogP contribution in [0.4, 0.5) is 0 Å². The fourth-order valence-electron chi connectivity index (χ4n) is 1.16. The molecule has 0 atom stereocenters. The summed E-state index contributed by atoms with van der Waals surface area (Å²) in [5, 5.41) is 0. The van der Waals surface area contributed by atoms with E-state index in [0.717, 1.165) is 6.54 Å². The Kier molecular flexibility index (Phi) is 6.52. The molecule has 1 heterocycles. The molecule has 0 saturated carbocycles. The van der Waals surface area contributed by atoms with E-state index in [-0.39, 0.29) is 0 Å². The first-order valence-corrected chi connectivity index (χ1v) is 6.62. The van der Waals surface area contributed by atoms with Crippen LogP contribution >= 0.6 is 7.82 Å². The summed E-state index contributed by atoms with van der Waals surface area (Å²) >= 11 is 0. The first-order chi connectivity index (χ1) is 7.25. The van der Waals surface area contributed by atoms with E-state index in [1.807, 2.05) is 0 Å². The van der Waals surface area contributed by atoms with Crippen LogP contribution in [0.1, 0.15) is 25.6 Å². The van der Waals surface area contributed by atoms with Crippen LogP contribution in [0.25, 0.3) is 0 Å². The maximum atomic E-state index is 8.88. The minimum Gasteiger partial charge on any atom is -0.303 e. The molecule has 0 aliphatic rings. The normalized spacial score (nSPS) is 10.9. The smallest absolute Gasteiger partial charge is 0.303 e. The Morgan fingerprint density at radius 2 is 1.94 bits per heavy atom. The Morgan fingerprint density at radius 1 is 1.44 bits per heavy atom. The van der Waals surface area contributed by atoms with Crippen molar-refractivity contribution in [1.82, 2.24) is 4.57 Å². The lowest BCUT2D eigenvalue weighted by molar-refractivity contribution is -0.702. The summed E-state index contributed by atoms with van der Waals surface area (Å²) in [6, 6.07) is 0. The van der Waals surface area contributed by atoms with Gasteiger partial charge >= 0.3 is 7.82 Å². The van der Waals surface area contributed by atoms with Gasteiger partial charge in [0.15, 0.2) is 0 Å². The molecule has 7 heteroatoms. The molecule has 0 aromatic carbocycles. The van der Waals surface area contributed by atoms with Gasteiger partial charge in [-0.1, -0.05) is 13.3 Å².